The first kappa shape index (κ1) is 25.8. The second-order valence-electron chi connectivity index (χ2n) is 8.95. The second kappa shape index (κ2) is 12.6. The first-order valence-corrected chi connectivity index (χ1v) is 14.8. The molecule has 0 fully saturated rings. The average molecular weight is 550 g/mol. The Morgan fingerprint density at radius 1 is 0.778 bits per heavy atom. The molecule has 1 unspecified atom stereocenters. The third-order valence-electron chi connectivity index (χ3n) is 6.52. The molecule has 36 heavy (non-hydrogen) atoms. The molecule has 0 saturated heterocycles. The van der Waals surface area contributed by atoms with Crippen LogP contribution in [0.4, 0.5) is 0 Å². The summed E-state index contributed by atoms with van der Waals surface area (Å²) in [5, 5.41) is 21.1. The maximum atomic E-state index is 10.1. The van der Waals surface area contributed by atoms with Crippen molar-refractivity contribution in [3.8, 4) is 23.3 Å². The molecule has 4 rings (SSSR count). The van der Waals surface area contributed by atoms with E-state index in [0.717, 1.165) is 33.3 Å². The quantitative estimate of drug-likeness (QED) is 0.197. The molecule has 0 aromatic heterocycles. The third kappa shape index (κ3) is 6.68. The minimum absolute atomic E-state index is 0.115. The molecule has 0 N–H and O–H groups in total. The van der Waals surface area contributed by atoms with Gasteiger partial charge >= 0.3 is 227 Å². The van der Waals surface area contributed by atoms with Gasteiger partial charge < -0.3 is 0 Å². The molecule has 4 aromatic carbocycles. The van der Waals surface area contributed by atoms with Crippen LogP contribution < -0.4 is 0 Å². The van der Waals surface area contributed by atoms with Crippen molar-refractivity contribution in [3.63, 3.8) is 0 Å². The fourth-order valence-electron chi connectivity index (χ4n) is 4.47. The van der Waals surface area contributed by atoms with Gasteiger partial charge in [-0.05, 0) is 0 Å². The van der Waals surface area contributed by atoms with Gasteiger partial charge in [0.25, 0.3) is 0 Å². The second-order valence-corrected chi connectivity index (χ2v) is 12.6. The minimum atomic E-state index is -0.127. The molecule has 0 aliphatic carbocycles. The van der Waals surface area contributed by atoms with E-state index in [9.17, 15) is 10.5 Å². The standard InChI is InChI=1S/C32H27AsClN2/c1-23(32(18-24-13-15-31(34)16-14-24)29-12-5-7-25(17-29)21-35)33-20-30(22-36)28-11-6-10-27(19-28)26-8-3-2-4-9-26/h2-17,19,23,30,32H,18,20H2,1H3/t23-,30?,32+/m0/s1. The Labute approximate surface area is 225 Å². The predicted octanol–water partition coefficient (Wildman–Crippen LogP) is 8.44. The van der Waals surface area contributed by atoms with Crippen LogP contribution in [0.15, 0.2) is 103 Å². The average Bonchev–Trinajstić information content (AvgIpc) is 2.93. The van der Waals surface area contributed by atoms with Crippen LogP contribution in [0.1, 0.15) is 41.0 Å². The number of nitriles is 2. The molecular weight excluding hydrogens is 523 g/mol. The van der Waals surface area contributed by atoms with E-state index in [1.54, 1.807) is 0 Å². The Bertz CT molecular complexity index is 1370. The van der Waals surface area contributed by atoms with E-state index in [1.807, 2.05) is 48.5 Å². The molecule has 0 amide bonds. The van der Waals surface area contributed by atoms with Gasteiger partial charge in [0.2, 0.25) is 0 Å². The number of hydrogen-bond donors (Lipinski definition) is 0. The SMILES string of the molecule is C[C@H]([As]CC(C#N)c1cccc(-c2ccccc2)c1)[C@@H](Cc1ccc(Cl)cc1)c1cccc(C#N)c1. The van der Waals surface area contributed by atoms with Crippen molar-refractivity contribution >= 4 is 27.4 Å². The van der Waals surface area contributed by atoms with Crippen LogP contribution in [0.5, 0.6) is 0 Å². The summed E-state index contributed by atoms with van der Waals surface area (Å²) in [7, 11) is 0. The number of benzene rings is 4. The van der Waals surface area contributed by atoms with Gasteiger partial charge in [-0.15, -0.1) is 0 Å². The van der Waals surface area contributed by atoms with Crippen LogP contribution in [-0.2, 0) is 6.42 Å². The van der Waals surface area contributed by atoms with E-state index >= 15 is 0 Å². The van der Waals surface area contributed by atoms with Crippen molar-refractivity contribution in [2.24, 2.45) is 0 Å². The van der Waals surface area contributed by atoms with Crippen molar-refractivity contribution in [2.45, 2.75) is 35.1 Å². The summed E-state index contributed by atoms with van der Waals surface area (Å²) in [5.74, 6) is 0.146. The maximum absolute atomic E-state index is 10.1. The van der Waals surface area contributed by atoms with E-state index in [-0.39, 0.29) is 27.6 Å². The van der Waals surface area contributed by atoms with Gasteiger partial charge in [-0.2, -0.15) is 0 Å². The molecular formula is C32H27AsClN2. The molecule has 3 atom stereocenters. The van der Waals surface area contributed by atoms with Gasteiger partial charge in [-0.1, -0.05) is 0 Å². The van der Waals surface area contributed by atoms with Gasteiger partial charge in [-0.3, -0.25) is 0 Å². The fourth-order valence-corrected chi connectivity index (χ4v) is 7.46. The molecule has 177 valence electrons. The molecule has 0 aliphatic heterocycles. The zero-order valence-electron chi connectivity index (χ0n) is 20.2. The molecule has 4 heteroatoms. The molecule has 0 saturated carbocycles. The van der Waals surface area contributed by atoms with Crippen molar-refractivity contribution < 1.29 is 0 Å². The van der Waals surface area contributed by atoms with Gasteiger partial charge in [0.05, 0.1) is 0 Å². The molecule has 0 spiro atoms. The van der Waals surface area contributed by atoms with Crippen LogP contribution >= 0.6 is 11.6 Å². The summed E-state index contributed by atoms with van der Waals surface area (Å²) in [6.07, 6.45) is 0.879. The molecule has 2 nitrogen and oxygen atoms in total. The van der Waals surface area contributed by atoms with Crippen molar-refractivity contribution in [1.29, 1.82) is 10.5 Å². The van der Waals surface area contributed by atoms with Crippen molar-refractivity contribution in [1.82, 2.24) is 0 Å². The normalized spacial score (nSPS) is 13.6. The number of hydrogen-bond acceptors (Lipinski definition) is 2. The van der Waals surface area contributed by atoms with Crippen LogP contribution in [0, 0.1) is 22.7 Å². The van der Waals surface area contributed by atoms with E-state index < -0.39 is 0 Å². The van der Waals surface area contributed by atoms with Crippen LogP contribution in [-0.4, -0.2) is 15.8 Å². The first-order chi connectivity index (χ1) is 17.6. The van der Waals surface area contributed by atoms with Gasteiger partial charge in [-0.25, -0.2) is 0 Å². The molecule has 4 aromatic rings. The summed E-state index contributed by atoms with van der Waals surface area (Å²) in [6.45, 7) is 2.30. The molecule has 0 aliphatic rings. The number of nitrogens with zero attached hydrogens (tertiary/aromatic N) is 2. The Morgan fingerprint density at radius 3 is 2.19 bits per heavy atom. The zero-order valence-corrected chi connectivity index (χ0v) is 22.8. The monoisotopic (exact) mass is 549 g/mol. The third-order valence-corrected chi connectivity index (χ3v) is 9.95. The molecule has 1 radical (unpaired) electrons. The summed E-state index contributed by atoms with van der Waals surface area (Å²) in [4.78, 5) is 0. The van der Waals surface area contributed by atoms with Crippen LogP contribution in [0.25, 0.3) is 11.1 Å². The first-order valence-electron chi connectivity index (χ1n) is 12.0. The van der Waals surface area contributed by atoms with Gasteiger partial charge in [0.1, 0.15) is 0 Å². The summed E-state index contributed by atoms with van der Waals surface area (Å²) >= 11 is 6.00. The van der Waals surface area contributed by atoms with Crippen LogP contribution in [0.3, 0.4) is 0 Å². The summed E-state index contributed by atoms with van der Waals surface area (Å²) in [5.41, 5.74) is 6.50. The Morgan fingerprint density at radius 2 is 1.47 bits per heavy atom. The Hall–Kier alpha value is -3.29. The number of rotatable bonds is 9. The summed E-state index contributed by atoms with van der Waals surface area (Å²) < 4.78 is 0.416. The van der Waals surface area contributed by atoms with Crippen molar-refractivity contribution in [2.75, 3.05) is 0 Å². The summed E-state index contributed by atoms with van der Waals surface area (Å²) in [6, 6.07) is 39.6. The van der Waals surface area contributed by atoms with E-state index in [1.165, 1.54) is 11.1 Å². The number of halogens is 1. The van der Waals surface area contributed by atoms with E-state index in [4.69, 9.17) is 11.6 Å². The van der Waals surface area contributed by atoms with Gasteiger partial charge in [0.15, 0.2) is 0 Å². The van der Waals surface area contributed by atoms with Crippen LogP contribution in [0.2, 0.25) is 14.9 Å². The predicted molar refractivity (Wildman–Crippen MR) is 149 cm³/mol. The molecule has 0 bridgehead atoms. The van der Waals surface area contributed by atoms with E-state index in [2.05, 4.69) is 73.7 Å². The fraction of sp³-hybridized carbons (Fsp3) is 0.188. The molecule has 0 heterocycles. The zero-order chi connectivity index (χ0) is 25.3. The topological polar surface area (TPSA) is 47.6 Å². The Kier molecular flexibility index (Phi) is 9.03. The van der Waals surface area contributed by atoms with Gasteiger partial charge in [0, 0.05) is 0 Å². The van der Waals surface area contributed by atoms with Crippen molar-refractivity contribution in [3.05, 3.63) is 130 Å². The Balaban J connectivity index is 1.53. The van der Waals surface area contributed by atoms with E-state index in [0.29, 0.717) is 10.3 Å².